The molecule has 0 spiro atoms. The minimum Gasteiger partial charge on any atom is -0.462 e. The fraction of sp³-hybridized carbons (Fsp3) is 0.429. The highest BCUT2D eigenvalue weighted by molar-refractivity contribution is 5.93. The molecule has 7 heteroatoms. The average Bonchev–Trinajstić information content (AvgIpc) is 2.83. The molecule has 0 radical (unpaired) electrons. The Bertz CT molecular complexity index is 641. The van der Waals surface area contributed by atoms with Gasteiger partial charge in [-0.2, -0.15) is 0 Å². The van der Waals surface area contributed by atoms with Crippen LogP contribution in [0.3, 0.4) is 0 Å². The van der Waals surface area contributed by atoms with Crippen LogP contribution in [-0.2, 0) is 11.3 Å². The summed E-state index contributed by atoms with van der Waals surface area (Å²) in [5.74, 6) is -1.23. The third kappa shape index (κ3) is 3.37. The number of fused-ring (bicyclic) bond motifs is 1. The summed E-state index contributed by atoms with van der Waals surface area (Å²) in [6.45, 7) is 1.88. The number of benzene rings is 1. The topological polar surface area (TPSA) is 84.6 Å². The van der Waals surface area contributed by atoms with Crippen LogP contribution in [0.25, 0.3) is 11.0 Å². The number of halogens is 1. The first-order valence-electron chi connectivity index (χ1n) is 6.67. The van der Waals surface area contributed by atoms with Gasteiger partial charge in [-0.25, -0.2) is 14.2 Å². The molecule has 0 saturated carbocycles. The van der Waals surface area contributed by atoms with Crippen molar-refractivity contribution in [2.45, 2.75) is 26.0 Å². The van der Waals surface area contributed by atoms with Gasteiger partial charge in [0, 0.05) is 6.61 Å². The first-order chi connectivity index (χ1) is 10.1. The Labute approximate surface area is 120 Å². The van der Waals surface area contributed by atoms with Crippen molar-refractivity contribution in [3.63, 3.8) is 0 Å². The van der Waals surface area contributed by atoms with Crippen molar-refractivity contribution in [1.82, 2.24) is 9.55 Å². The summed E-state index contributed by atoms with van der Waals surface area (Å²) in [5, 5.41) is 18.5. The predicted molar refractivity (Wildman–Crippen MR) is 73.4 cm³/mol. The lowest BCUT2D eigenvalue weighted by Crippen LogP contribution is -2.16. The van der Waals surface area contributed by atoms with Crippen molar-refractivity contribution >= 4 is 17.0 Å². The highest BCUT2D eigenvalue weighted by Crippen LogP contribution is 2.20. The van der Waals surface area contributed by atoms with E-state index in [1.807, 2.05) is 0 Å². The third-order valence-electron chi connectivity index (χ3n) is 3.06. The number of aromatic nitrogens is 2. The lowest BCUT2D eigenvalue weighted by Gasteiger charge is -2.11. The molecule has 1 atom stereocenters. The molecule has 0 aliphatic heterocycles. The van der Waals surface area contributed by atoms with Crippen molar-refractivity contribution in [2.75, 3.05) is 13.2 Å². The number of ether oxygens (including phenoxy) is 1. The molecule has 0 aliphatic rings. The maximum atomic E-state index is 14.0. The molecule has 1 aromatic heterocycles. The van der Waals surface area contributed by atoms with Crippen LogP contribution in [0.2, 0.25) is 0 Å². The van der Waals surface area contributed by atoms with E-state index in [-0.39, 0.29) is 37.3 Å². The highest BCUT2D eigenvalue weighted by Gasteiger charge is 2.16. The fourth-order valence-electron chi connectivity index (χ4n) is 2.07. The molecule has 6 nitrogen and oxygen atoms in total. The molecule has 0 bridgehead atoms. The molecule has 0 aliphatic carbocycles. The second-order valence-corrected chi connectivity index (χ2v) is 4.61. The molecule has 2 aromatic rings. The number of imidazole rings is 1. The lowest BCUT2D eigenvalue weighted by atomic mass is 10.2. The number of carbonyl (C=O) groups excluding carboxylic acids is 1. The van der Waals surface area contributed by atoms with Gasteiger partial charge in [-0.15, -0.1) is 0 Å². The molecule has 2 N–H and O–H groups in total. The Morgan fingerprint density at radius 3 is 2.95 bits per heavy atom. The van der Waals surface area contributed by atoms with Crippen LogP contribution < -0.4 is 0 Å². The van der Waals surface area contributed by atoms with Crippen molar-refractivity contribution in [3.05, 3.63) is 29.8 Å². The minimum absolute atomic E-state index is 0.0975. The van der Waals surface area contributed by atoms with E-state index in [9.17, 15) is 14.3 Å². The van der Waals surface area contributed by atoms with E-state index in [2.05, 4.69) is 4.98 Å². The standard InChI is InChI=1S/C14H17FN2O4/c1-2-21-14(20)9-5-11(15)13-12(6-9)17(8-16-13)7-10(19)3-4-18/h5-6,8,10,18-19H,2-4,7H2,1H3. The number of hydrogen-bond acceptors (Lipinski definition) is 5. The second-order valence-electron chi connectivity index (χ2n) is 4.61. The van der Waals surface area contributed by atoms with Gasteiger partial charge < -0.3 is 19.5 Å². The third-order valence-corrected chi connectivity index (χ3v) is 3.06. The zero-order valence-electron chi connectivity index (χ0n) is 11.6. The fourth-order valence-corrected chi connectivity index (χ4v) is 2.07. The molecule has 1 aromatic carbocycles. The van der Waals surface area contributed by atoms with Gasteiger partial charge in [0.1, 0.15) is 5.52 Å². The normalized spacial score (nSPS) is 12.6. The van der Waals surface area contributed by atoms with Crippen LogP contribution in [0.5, 0.6) is 0 Å². The Kier molecular flexibility index (Phi) is 4.87. The monoisotopic (exact) mass is 296 g/mol. The second kappa shape index (κ2) is 6.64. The molecule has 0 saturated heterocycles. The van der Waals surface area contributed by atoms with Gasteiger partial charge in [-0.3, -0.25) is 0 Å². The summed E-state index contributed by atoms with van der Waals surface area (Å²) in [6, 6.07) is 2.57. The van der Waals surface area contributed by atoms with Gasteiger partial charge in [-0.1, -0.05) is 0 Å². The Balaban J connectivity index is 2.38. The van der Waals surface area contributed by atoms with Crippen molar-refractivity contribution in [3.8, 4) is 0 Å². The van der Waals surface area contributed by atoms with Crippen LogP contribution in [0, 0.1) is 5.82 Å². The van der Waals surface area contributed by atoms with Gasteiger partial charge in [0.15, 0.2) is 5.82 Å². The summed E-state index contributed by atoms with van der Waals surface area (Å²) in [5.41, 5.74) is 0.620. The predicted octanol–water partition coefficient (Wildman–Crippen LogP) is 1.10. The molecular formula is C14H17FN2O4. The first-order valence-corrected chi connectivity index (χ1v) is 6.67. The maximum absolute atomic E-state index is 14.0. The molecule has 0 fully saturated rings. The average molecular weight is 296 g/mol. The number of aliphatic hydroxyl groups excluding tert-OH is 2. The first kappa shape index (κ1) is 15.4. The number of rotatable bonds is 6. The van der Waals surface area contributed by atoms with Crippen LogP contribution in [0.4, 0.5) is 4.39 Å². The molecule has 0 amide bonds. The van der Waals surface area contributed by atoms with Gasteiger partial charge in [0.25, 0.3) is 0 Å². The Morgan fingerprint density at radius 2 is 2.29 bits per heavy atom. The quantitative estimate of drug-likeness (QED) is 0.780. The summed E-state index contributed by atoms with van der Waals surface area (Å²) < 4.78 is 20.4. The number of esters is 1. The number of carbonyl (C=O) groups is 1. The van der Waals surface area contributed by atoms with Gasteiger partial charge >= 0.3 is 5.97 Å². The number of hydrogen-bond donors (Lipinski definition) is 2. The van der Waals surface area contributed by atoms with E-state index in [4.69, 9.17) is 9.84 Å². The minimum atomic E-state index is -0.776. The van der Waals surface area contributed by atoms with Crippen molar-refractivity contribution in [2.24, 2.45) is 0 Å². The van der Waals surface area contributed by atoms with E-state index in [0.717, 1.165) is 6.07 Å². The highest BCUT2D eigenvalue weighted by atomic mass is 19.1. The zero-order valence-corrected chi connectivity index (χ0v) is 11.6. The van der Waals surface area contributed by atoms with Crippen LogP contribution in [0.1, 0.15) is 23.7 Å². The summed E-state index contributed by atoms with van der Waals surface area (Å²) in [6.07, 6.45) is 0.824. The maximum Gasteiger partial charge on any atom is 0.338 e. The summed E-state index contributed by atoms with van der Waals surface area (Å²) >= 11 is 0. The Hall–Kier alpha value is -1.99. The molecule has 1 heterocycles. The molecular weight excluding hydrogens is 279 g/mol. The van der Waals surface area contributed by atoms with Crippen molar-refractivity contribution < 1.29 is 24.1 Å². The largest absolute Gasteiger partial charge is 0.462 e. The molecule has 114 valence electrons. The molecule has 2 rings (SSSR count). The smallest absolute Gasteiger partial charge is 0.338 e. The van der Waals surface area contributed by atoms with Crippen LogP contribution >= 0.6 is 0 Å². The van der Waals surface area contributed by atoms with Crippen LogP contribution in [-0.4, -0.2) is 45.1 Å². The van der Waals surface area contributed by atoms with Crippen LogP contribution in [0.15, 0.2) is 18.5 Å². The molecule has 21 heavy (non-hydrogen) atoms. The molecule has 1 unspecified atom stereocenters. The Morgan fingerprint density at radius 1 is 1.52 bits per heavy atom. The summed E-state index contributed by atoms with van der Waals surface area (Å²) in [7, 11) is 0. The van der Waals surface area contributed by atoms with E-state index in [1.54, 1.807) is 11.5 Å². The van der Waals surface area contributed by atoms with Gasteiger partial charge in [0.05, 0.1) is 36.7 Å². The number of aliphatic hydroxyl groups is 2. The number of nitrogens with zero attached hydrogens (tertiary/aromatic N) is 2. The van der Waals surface area contributed by atoms with Crippen molar-refractivity contribution in [1.29, 1.82) is 0 Å². The lowest BCUT2D eigenvalue weighted by molar-refractivity contribution is 0.0526. The van der Waals surface area contributed by atoms with E-state index >= 15 is 0 Å². The van der Waals surface area contributed by atoms with Gasteiger partial charge in [-0.05, 0) is 25.5 Å². The van der Waals surface area contributed by atoms with Gasteiger partial charge in [0.2, 0.25) is 0 Å². The van der Waals surface area contributed by atoms with E-state index in [1.165, 1.54) is 12.4 Å². The zero-order chi connectivity index (χ0) is 15.4. The van der Waals surface area contributed by atoms with E-state index in [0.29, 0.717) is 5.52 Å². The SMILES string of the molecule is CCOC(=O)c1cc(F)c2ncn(CC(O)CCO)c2c1. The summed E-state index contributed by atoms with van der Waals surface area (Å²) in [4.78, 5) is 15.6. The van der Waals surface area contributed by atoms with E-state index < -0.39 is 17.9 Å².